The maximum absolute atomic E-state index is 13.6. The lowest BCUT2D eigenvalue weighted by Gasteiger charge is -2.08. The number of benzene rings is 2. The number of non-ortho nitro benzene ring substituents is 1. The third-order valence-electron chi connectivity index (χ3n) is 3.17. The average Bonchev–Trinajstić information content (AvgIpc) is 2.61. The number of nitro benzene ring substituents is 1. The summed E-state index contributed by atoms with van der Waals surface area (Å²) < 4.78 is 23.4. The number of rotatable bonds is 7. The molecule has 9 heteroatoms. The van der Waals surface area contributed by atoms with Crippen LogP contribution in [-0.2, 0) is 14.3 Å². The summed E-state index contributed by atoms with van der Waals surface area (Å²) >= 11 is 0. The molecule has 0 saturated carbocycles. The maximum Gasteiger partial charge on any atom is 0.344 e. The van der Waals surface area contributed by atoms with Gasteiger partial charge in [0.15, 0.2) is 13.2 Å². The number of ether oxygens (including phenoxy) is 2. The third kappa shape index (κ3) is 5.55. The second-order valence-electron chi connectivity index (χ2n) is 5.23. The van der Waals surface area contributed by atoms with E-state index >= 15 is 0 Å². The predicted molar refractivity (Wildman–Crippen MR) is 89.3 cm³/mol. The van der Waals surface area contributed by atoms with Gasteiger partial charge in [0.1, 0.15) is 11.6 Å². The Hall–Kier alpha value is -3.49. The van der Waals surface area contributed by atoms with Crippen LogP contribution in [0.3, 0.4) is 0 Å². The third-order valence-corrected chi connectivity index (χ3v) is 3.17. The van der Waals surface area contributed by atoms with Crippen molar-refractivity contribution in [3.63, 3.8) is 0 Å². The summed E-state index contributed by atoms with van der Waals surface area (Å²) in [6.07, 6.45) is 0. The molecule has 2 aromatic carbocycles. The van der Waals surface area contributed by atoms with E-state index in [9.17, 15) is 24.1 Å². The van der Waals surface area contributed by atoms with Crippen LogP contribution >= 0.6 is 0 Å². The first kappa shape index (κ1) is 18.8. The van der Waals surface area contributed by atoms with Gasteiger partial charge in [0, 0.05) is 12.1 Å². The van der Waals surface area contributed by atoms with Crippen LogP contribution in [0.25, 0.3) is 0 Å². The van der Waals surface area contributed by atoms with Gasteiger partial charge < -0.3 is 14.8 Å². The predicted octanol–water partition coefficient (Wildman–Crippen LogP) is 2.60. The average molecular weight is 362 g/mol. The van der Waals surface area contributed by atoms with Crippen LogP contribution in [-0.4, -0.2) is 30.0 Å². The minimum absolute atomic E-state index is 0.0150. The smallest absolute Gasteiger partial charge is 0.344 e. The fourth-order valence-electron chi connectivity index (χ4n) is 1.90. The van der Waals surface area contributed by atoms with Crippen molar-refractivity contribution in [3.8, 4) is 5.75 Å². The van der Waals surface area contributed by atoms with E-state index in [1.54, 1.807) is 13.0 Å². The Morgan fingerprint density at radius 3 is 2.46 bits per heavy atom. The molecule has 0 fully saturated rings. The van der Waals surface area contributed by atoms with E-state index in [1.165, 1.54) is 36.4 Å². The first-order valence-corrected chi connectivity index (χ1v) is 7.44. The van der Waals surface area contributed by atoms with E-state index in [0.29, 0.717) is 5.56 Å². The van der Waals surface area contributed by atoms with Gasteiger partial charge in [-0.25, -0.2) is 9.18 Å². The van der Waals surface area contributed by atoms with Crippen molar-refractivity contribution in [2.45, 2.75) is 6.92 Å². The first-order valence-electron chi connectivity index (χ1n) is 7.44. The molecule has 0 saturated heterocycles. The highest BCUT2D eigenvalue weighted by Crippen LogP contribution is 2.17. The van der Waals surface area contributed by atoms with Gasteiger partial charge in [0.2, 0.25) is 0 Å². The normalized spacial score (nSPS) is 10.1. The van der Waals surface area contributed by atoms with Crippen LogP contribution in [0.4, 0.5) is 15.8 Å². The quantitative estimate of drug-likeness (QED) is 0.461. The minimum atomic E-state index is -0.817. The molecule has 2 rings (SSSR count). The summed E-state index contributed by atoms with van der Waals surface area (Å²) in [4.78, 5) is 33.2. The Morgan fingerprint density at radius 1 is 1.15 bits per heavy atom. The van der Waals surface area contributed by atoms with Crippen LogP contribution in [0, 0.1) is 22.9 Å². The molecule has 0 atom stereocenters. The van der Waals surface area contributed by atoms with Crippen LogP contribution in [0.2, 0.25) is 0 Å². The number of nitro groups is 1. The van der Waals surface area contributed by atoms with Crippen molar-refractivity contribution in [2.24, 2.45) is 0 Å². The maximum atomic E-state index is 13.6. The van der Waals surface area contributed by atoms with E-state index in [-0.39, 0.29) is 17.1 Å². The molecule has 0 unspecified atom stereocenters. The van der Waals surface area contributed by atoms with E-state index < -0.39 is 35.8 Å². The van der Waals surface area contributed by atoms with Gasteiger partial charge in [-0.15, -0.1) is 0 Å². The molecule has 0 aliphatic carbocycles. The Bertz CT molecular complexity index is 823. The highest BCUT2D eigenvalue weighted by atomic mass is 19.1. The number of halogens is 1. The molecule has 0 radical (unpaired) electrons. The number of nitrogens with zero attached hydrogens (tertiary/aromatic N) is 1. The van der Waals surface area contributed by atoms with Gasteiger partial charge in [0.25, 0.3) is 11.6 Å². The molecular formula is C17H15FN2O6. The van der Waals surface area contributed by atoms with Crippen molar-refractivity contribution in [3.05, 3.63) is 64.0 Å². The zero-order valence-corrected chi connectivity index (χ0v) is 13.7. The van der Waals surface area contributed by atoms with Gasteiger partial charge in [-0.3, -0.25) is 14.9 Å². The zero-order chi connectivity index (χ0) is 19.1. The SMILES string of the molecule is Cc1ccc(NC(=O)COC(=O)COc2ccc([N+](=O)[O-])cc2)c(F)c1. The monoisotopic (exact) mass is 362 g/mol. The van der Waals surface area contributed by atoms with E-state index in [0.717, 1.165) is 0 Å². The summed E-state index contributed by atoms with van der Waals surface area (Å²) in [5.74, 6) is -1.87. The fraction of sp³-hybridized carbons (Fsp3) is 0.176. The molecule has 0 heterocycles. The largest absolute Gasteiger partial charge is 0.482 e. The number of esters is 1. The number of carbonyl (C=O) groups is 2. The number of nitrogens with one attached hydrogen (secondary N) is 1. The molecule has 0 aliphatic rings. The standard InChI is InChI=1S/C17H15FN2O6/c1-11-2-7-15(14(18)8-11)19-16(21)9-26-17(22)10-25-13-5-3-12(4-6-13)20(23)24/h2-8H,9-10H2,1H3,(H,19,21). The molecule has 0 bridgehead atoms. The summed E-state index contributed by atoms with van der Waals surface area (Å²) in [5, 5.41) is 12.8. The number of anilines is 1. The molecule has 8 nitrogen and oxygen atoms in total. The lowest BCUT2D eigenvalue weighted by Crippen LogP contribution is -2.24. The molecule has 1 amide bonds. The van der Waals surface area contributed by atoms with Crippen molar-refractivity contribution >= 4 is 23.3 Å². The summed E-state index contributed by atoms with van der Waals surface area (Å²) in [6.45, 7) is 0.626. The molecule has 1 N–H and O–H groups in total. The highest BCUT2D eigenvalue weighted by Gasteiger charge is 2.11. The van der Waals surface area contributed by atoms with Crippen molar-refractivity contribution in [1.82, 2.24) is 0 Å². The lowest BCUT2D eigenvalue weighted by molar-refractivity contribution is -0.384. The highest BCUT2D eigenvalue weighted by molar-refractivity contribution is 5.93. The Labute approximate surface area is 147 Å². The first-order chi connectivity index (χ1) is 12.3. The summed E-state index contributed by atoms with van der Waals surface area (Å²) in [5.41, 5.74) is 0.578. The van der Waals surface area contributed by atoms with Gasteiger partial charge >= 0.3 is 5.97 Å². The lowest BCUT2D eigenvalue weighted by atomic mass is 10.2. The molecule has 0 aliphatic heterocycles. The number of amides is 1. The van der Waals surface area contributed by atoms with Crippen LogP contribution in [0.15, 0.2) is 42.5 Å². The second kappa shape index (κ2) is 8.56. The molecule has 2 aromatic rings. The Balaban J connectivity index is 1.75. The zero-order valence-electron chi connectivity index (χ0n) is 13.7. The van der Waals surface area contributed by atoms with Crippen LogP contribution < -0.4 is 10.1 Å². The van der Waals surface area contributed by atoms with E-state index in [1.807, 2.05) is 0 Å². The van der Waals surface area contributed by atoms with Gasteiger partial charge in [0.05, 0.1) is 10.6 Å². The van der Waals surface area contributed by atoms with Gasteiger partial charge in [-0.05, 0) is 36.8 Å². The van der Waals surface area contributed by atoms with E-state index in [4.69, 9.17) is 9.47 Å². The molecule has 0 aromatic heterocycles. The topological polar surface area (TPSA) is 108 Å². The van der Waals surface area contributed by atoms with E-state index in [2.05, 4.69) is 5.32 Å². The summed E-state index contributed by atoms with van der Waals surface area (Å²) in [7, 11) is 0. The van der Waals surface area contributed by atoms with Crippen molar-refractivity contribution in [1.29, 1.82) is 0 Å². The van der Waals surface area contributed by atoms with Crippen LogP contribution in [0.1, 0.15) is 5.56 Å². The van der Waals surface area contributed by atoms with Crippen LogP contribution in [0.5, 0.6) is 5.75 Å². The molecule has 26 heavy (non-hydrogen) atoms. The van der Waals surface area contributed by atoms with Crippen molar-refractivity contribution in [2.75, 3.05) is 18.5 Å². The number of aryl methyl sites for hydroxylation is 1. The Morgan fingerprint density at radius 2 is 1.85 bits per heavy atom. The second-order valence-corrected chi connectivity index (χ2v) is 5.23. The summed E-state index contributed by atoms with van der Waals surface area (Å²) in [6, 6.07) is 9.41. The number of hydrogen-bond acceptors (Lipinski definition) is 6. The number of hydrogen-bond donors (Lipinski definition) is 1. The molecule has 0 spiro atoms. The molecular weight excluding hydrogens is 347 g/mol. The Kier molecular flexibility index (Phi) is 6.20. The minimum Gasteiger partial charge on any atom is -0.482 e. The fourth-order valence-corrected chi connectivity index (χ4v) is 1.90. The van der Waals surface area contributed by atoms with Gasteiger partial charge in [-0.1, -0.05) is 6.07 Å². The molecule has 136 valence electrons. The number of carbonyl (C=O) groups excluding carboxylic acids is 2. The van der Waals surface area contributed by atoms with Gasteiger partial charge in [-0.2, -0.15) is 0 Å². The van der Waals surface area contributed by atoms with Crippen molar-refractivity contribution < 1.29 is 28.4 Å².